The molecule has 0 aromatic heterocycles. The summed E-state index contributed by atoms with van der Waals surface area (Å²) in [6, 6.07) is 12.8. The lowest BCUT2D eigenvalue weighted by Crippen LogP contribution is -2.39. The van der Waals surface area contributed by atoms with Crippen LogP contribution in [0.1, 0.15) is 57.5 Å². The van der Waals surface area contributed by atoms with Crippen LogP contribution >= 0.6 is 0 Å². The Bertz CT molecular complexity index is 969. The third-order valence-electron chi connectivity index (χ3n) is 6.43. The monoisotopic (exact) mass is 424 g/mol. The van der Waals surface area contributed by atoms with Gasteiger partial charge in [-0.1, -0.05) is 30.3 Å². The maximum absolute atomic E-state index is 13.1. The molecule has 4 N–H and O–H groups in total. The topological polar surface area (TPSA) is 108 Å². The first-order valence-corrected chi connectivity index (χ1v) is 10.7. The minimum Gasteiger partial charge on any atom is -0.491 e. The molecule has 1 aliphatic carbocycles. The van der Waals surface area contributed by atoms with E-state index in [1.807, 2.05) is 30.3 Å². The number of hydrogen-bond acceptors (Lipinski definition) is 5. The molecule has 2 aromatic rings. The van der Waals surface area contributed by atoms with Crippen LogP contribution in [-0.4, -0.2) is 54.4 Å². The highest BCUT2D eigenvalue weighted by Gasteiger charge is 2.44. The zero-order valence-electron chi connectivity index (χ0n) is 17.6. The maximum Gasteiger partial charge on any atom is 0.254 e. The SMILES string of the molecule is CNC(=O)c1cc(C(=O)NC2CCC(O)CC2)cc2c1OCC2(CO)c1ccccc1. The Hall–Kier alpha value is -2.90. The molecule has 0 saturated heterocycles. The van der Waals surface area contributed by atoms with Crippen molar-refractivity contribution in [2.75, 3.05) is 20.3 Å². The lowest BCUT2D eigenvalue weighted by Gasteiger charge is -2.27. The number of hydrogen-bond donors (Lipinski definition) is 4. The summed E-state index contributed by atoms with van der Waals surface area (Å²) in [5.41, 5.74) is 1.26. The number of aliphatic hydroxyl groups is 2. The number of nitrogens with one attached hydrogen (secondary N) is 2. The average Bonchev–Trinajstić information content (AvgIpc) is 3.19. The van der Waals surface area contributed by atoms with E-state index in [4.69, 9.17) is 4.74 Å². The molecule has 1 fully saturated rings. The molecule has 1 unspecified atom stereocenters. The highest BCUT2D eigenvalue weighted by molar-refractivity contribution is 6.02. The van der Waals surface area contributed by atoms with Crippen LogP contribution in [-0.2, 0) is 5.41 Å². The van der Waals surface area contributed by atoms with Crippen LogP contribution in [0.4, 0.5) is 0 Å². The molecule has 1 heterocycles. The van der Waals surface area contributed by atoms with Crippen molar-refractivity contribution in [1.29, 1.82) is 0 Å². The van der Waals surface area contributed by atoms with Gasteiger partial charge in [-0.15, -0.1) is 0 Å². The number of carbonyl (C=O) groups is 2. The minimum absolute atomic E-state index is 0.0134. The Morgan fingerprint density at radius 3 is 2.45 bits per heavy atom. The maximum atomic E-state index is 13.1. The first-order valence-electron chi connectivity index (χ1n) is 10.7. The van der Waals surface area contributed by atoms with Gasteiger partial charge >= 0.3 is 0 Å². The zero-order chi connectivity index (χ0) is 22.0. The highest BCUT2D eigenvalue weighted by atomic mass is 16.5. The average molecular weight is 424 g/mol. The molecule has 0 spiro atoms. The number of aliphatic hydroxyl groups excluding tert-OH is 2. The van der Waals surface area contributed by atoms with E-state index < -0.39 is 5.41 Å². The van der Waals surface area contributed by atoms with Gasteiger partial charge < -0.3 is 25.6 Å². The summed E-state index contributed by atoms with van der Waals surface area (Å²) in [7, 11) is 1.53. The summed E-state index contributed by atoms with van der Waals surface area (Å²) in [6.07, 6.45) is 2.45. The fourth-order valence-electron chi connectivity index (χ4n) is 4.55. The van der Waals surface area contributed by atoms with E-state index in [0.29, 0.717) is 42.6 Å². The predicted octanol–water partition coefficient (Wildman–Crippen LogP) is 1.75. The molecule has 2 amide bonds. The summed E-state index contributed by atoms with van der Waals surface area (Å²) < 4.78 is 5.93. The van der Waals surface area contributed by atoms with Crippen LogP contribution in [0.25, 0.3) is 0 Å². The van der Waals surface area contributed by atoms with Crippen LogP contribution in [0, 0.1) is 0 Å². The molecule has 31 heavy (non-hydrogen) atoms. The van der Waals surface area contributed by atoms with Crippen LogP contribution in [0.15, 0.2) is 42.5 Å². The molecule has 164 valence electrons. The first-order chi connectivity index (χ1) is 15.0. The van der Waals surface area contributed by atoms with Crippen molar-refractivity contribution in [1.82, 2.24) is 10.6 Å². The second-order valence-corrected chi connectivity index (χ2v) is 8.35. The van der Waals surface area contributed by atoms with Crippen LogP contribution in [0.3, 0.4) is 0 Å². The van der Waals surface area contributed by atoms with Gasteiger partial charge in [0.2, 0.25) is 0 Å². The van der Waals surface area contributed by atoms with Crippen molar-refractivity contribution >= 4 is 11.8 Å². The Morgan fingerprint density at radius 2 is 1.81 bits per heavy atom. The fourth-order valence-corrected chi connectivity index (χ4v) is 4.55. The number of fused-ring (bicyclic) bond motifs is 1. The quantitative estimate of drug-likeness (QED) is 0.585. The molecule has 2 aromatic carbocycles. The lowest BCUT2D eigenvalue weighted by molar-refractivity contribution is 0.0867. The van der Waals surface area contributed by atoms with Gasteiger partial charge in [0.25, 0.3) is 11.8 Å². The van der Waals surface area contributed by atoms with E-state index >= 15 is 0 Å². The summed E-state index contributed by atoms with van der Waals surface area (Å²) in [5.74, 6) is -0.232. The van der Waals surface area contributed by atoms with Gasteiger partial charge in [-0.2, -0.15) is 0 Å². The van der Waals surface area contributed by atoms with Gasteiger partial charge in [0.15, 0.2) is 0 Å². The standard InChI is InChI=1S/C24H28N2O5/c1-25-23(30)19-11-15(22(29)26-17-7-9-18(28)10-8-17)12-20-21(19)31-14-24(20,13-27)16-5-3-2-4-6-16/h2-6,11-12,17-18,27-28H,7-10,13-14H2,1H3,(H,25,30)(H,26,29). The van der Waals surface area contributed by atoms with Crippen molar-refractivity contribution in [3.8, 4) is 5.75 Å². The van der Waals surface area contributed by atoms with Gasteiger partial charge in [0.05, 0.1) is 23.7 Å². The second kappa shape index (κ2) is 8.69. The molecule has 7 heteroatoms. The molecule has 1 atom stereocenters. The number of ether oxygens (including phenoxy) is 1. The van der Waals surface area contributed by atoms with Crippen LogP contribution < -0.4 is 15.4 Å². The third-order valence-corrected chi connectivity index (χ3v) is 6.43. The molecule has 0 bridgehead atoms. The van der Waals surface area contributed by atoms with E-state index in [2.05, 4.69) is 10.6 Å². The van der Waals surface area contributed by atoms with Gasteiger partial charge in [-0.3, -0.25) is 9.59 Å². The van der Waals surface area contributed by atoms with E-state index in [1.54, 1.807) is 12.1 Å². The molecular formula is C24H28N2O5. The van der Waals surface area contributed by atoms with Gasteiger partial charge in [-0.25, -0.2) is 0 Å². The van der Waals surface area contributed by atoms with Crippen molar-refractivity contribution in [3.05, 3.63) is 64.7 Å². The Balaban J connectivity index is 1.75. The Kier molecular flexibility index (Phi) is 5.98. The molecule has 0 radical (unpaired) electrons. The van der Waals surface area contributed by atoms with Crippen molar-refractivity contribution in [3.63, 3.8) is 0 Å². The first kappa shape index (κ1) is 21.3. The summed E-state index contributed by atoms with van der Waals surface area (Å²) in [5, 5.41) is 25.8. The summed E-state index contributed by atoms with van der Waals surface area (Å²) in [4.78, 5) is 25.7. The molecule has 2 aliphatic rings. The van der Waals surface area contributed by atoms with E-state index in [-0.39, 0.29) is 42.7 Å². The molecule has 4 rings (SSSR count). The number of benzene rings is 2. The van der Waals surface area contributed by atoms with Gasteiger partial charge in [0, 0.05) is 24.2 Å². The molecule has 7 nitrogen and oxygen atoms in total. The Labute approximate surface area is 181 Å². The Morgan fingerprint density at radius 1 is 1.10 bits per heavy atom. The number of rotatable bonds is 5. The van der Waals surface area contributed by atoms with Crippen LogP contribution in [0.5, 0.6) is 5.75 Å². The van der Waals surface area contributed by atoms with Crippen molar-refractivity contribution < 1.29 is 24.5 Å². The van der Waals surface area contributed by atoms with Crippen molar-refractivity contribution in [2.24, 2.45) is 0 Å². The van der Waals surface area contributed by atoms with Gasteiger partial charge in [0.1, 0.15) is 12.4 Å². The fraction of sp³-hybridized carbons (Fsp3) is 0.417. The zero-order valence-corrected chi connectivity index (χ0v) is 17.6. The van der Waals surface area contributed by atoms with E-state index in [1.165, 1.54) is 7.05 Å². The van der Waals surface area contributed by atoms with Crippen LogP contribution in [0.2, 0.25) is 0 Å². The largest absolute Gasteiger partial charge is 0.491 e. The number of amides is 2. The minimum atomic E-state index is -0.857. The lowest BCUT2D eigenvalue weighted by atomic mass is 9.76. The molecule has 1 aliphatic heterocycles. The molecular weight excluding hydrogens is 396 g/mol. The highest BCUT2D eigenvalue weighted by Crippen LogP contribution is 2.45. The third kappa shape index (κ3) is 3.91. The molecule has 1 saturated carbocycles. The predicted molar refractivity (Wildman–Crippen MR) is 115 cm³/mol. The smallest absolute Gasteiger partial charge is 0.254 e. The van der Waals surface area contributed by atoms with E-state index in [0.717, 1.165) is 5.56 Å². The van der Waals surface area contributed by atoms with Crippen molar-refractivity contribution in [2.45, 2.75) is 43.2 Å². The van der Waals surface area contributed by atoms with E-state index in [9.17, 15) is 19.8 Å². The number of carbonyl (C=O) groups excluding carboxylic acids is 2. The second-order valence-electron chi connectivity index (χ2n) is 8.35. The summed E-state index contributed by atoms with van der Waals surface area (Å²) >= 11 is 0. The normalized spacial score (nSPS) is 24.7. The van der Waals surface area contributed by atoms with Gasteiger partial charge in [-0.05, 0) is 43.4 Å². The summed E-state index contributed by atoms with van der Waals surface area (Å²) in [6.45, 7) is -0.0405.